The van der Waals surface area contributed by atoms with Gasteiger partial charge in [0.2, 0.25) is 0 Å². The number of benzene rings is 1. The molecule has 18 heavy (non-hydrogen) atoms. The van der Waals surface area contributed by atoms with Crippen molar-refractivity contribution in [2.24, 2.45) is 0 Å². The number of halogens is 3. The maximum atomic E-state index is 14.1. The number of ether oxygens (including phenoxy) is 1. The Morgan fingerprint density at radius 1 is 1.50 bits per heavy atom. The van der Waals surface area contributed by atoms with E-state index in [0.29, 0.717) is 16.5 Å². The molecule has 0 aliphatic heterocycles. The van der Waals surface area contributed by atoms with Crippen LogP contribution in [0, 0.1) is 5.82 Å². The van der Waals surface area contributed by atoms with Gasteiger partial charge < -0.3 is 10.1 Å². The molecule has 1 rings (SSSR count). The summed E-state index contributed by atoms with van der Waals surface area (Å²) in [6, 6.07) is 3.42. The lowest BCUT2D eigenvalue weighted by Gasteiger charge is -2.22. The van der Waals surface area contributed by atoms with Crippen LogP contribution in [-0.2, 0) is 4.74 Å². The van der Waals surface area contributed by atoms with Gasteiger partial charge >= 0.3 is 0 Å². The van der Waals surface area contributed by atoms with Gasteiger partial charge in [-0.3, -0.25) is 0 Å². The van der Waals surface area contributed by atoms with Crippen LogP contribution in [0.2, 0.25) is 5.02 Å². The molecule has 102 valence electrons. The molecule has 0 radical (unpaired) electrons. The molecule has 1 N–H and O–H groups in total. The van der Waals surface area contributed by atoms with E-state index in [1.807, 2.05) is 13.8 Å². The van der Waals surface area contributed by atoms with Crippen molar-refractivity contribution in [1.82, 2.24) is 5.32 Å². The summed E-state index contributed by atoms with van der Waals surface area (Å²) in [6.07, 6.45) is 0.745. The SMILES string of the molecule is CCNC(CC(C)OC)c1ccc(Br)c(Cl)c1F. The molecular formula is C13H18BrClFNO. The lowest BCUT2D eigenvalue weighted by Crippen LogP contribution is -2.26. The zero-order chi connectivity index (χ0) is 13.7. The third-order valence-corrected chi connectivity index (χ3v) is 4.12. The van der Waals surface area contributed by atoms with E-state index >= 15 is 0 Å². The average Bonchev–Trinajstić information content (AvgIpc) is 2.35. The Bertz CT molecular complexity index is 403. The molecule has 0 heterocycles. The summed E-state index contributed by atoms with van der Waals surface area (Å²) < 4.78 is 20.0. The van der Waals surface area contributed by atoms with Crippen LogP contribution in [-0.4, -0.2) is 19.8 Å². The number of hydrogen-bond acceptors (Lipinski definition) is 2. The van der Waals surface area contributed by atoms with Crippen molar-refractivity contribution in [2.75, 3.05) is 13.7 Å². The second-order valence-electron chi connectivity index (χ2n) is 4.16. The summed E-state index contributed by atoms with van der Waals surface area (Å²) in [5.74, 6) is -0.375. The molecule has 0 fully saturated rings. The van der Waals surface area contributed by atoms with Gasteiger partial charge in [-0.2, -0.15) is 0 Å². The van der Waals surface area contributed by atoms with Crippen LogP contribution in [0.1, 0.15) is 31.9 Å². The smallest absolute Gasteiger partial charge is 0.147 e. The van der Waals surface area contributed by atoms with E-state index in [2.05, 4.69) is 21.2 Å². The quantitative estimate of drug-likeness (QED) is 0.780. The van der Waals surface area contributed by atoms with Gasteiger partial charge in [-0.25, -0.2) is 4.39 Å². The predicted octanol–water partition coefficient (Wildman–Crippen LogP) is 4.32. The molecule has 0 bridgehead atoms. The highest BCUT2D eigenvalue weighted by molar-refractivity contribution is 9.10. The molecule has 0 saturated heterocycles. The second kappa shape index (κ2) is 7.43. The fraction of sp³-hybridized carbons (Fsp3) is 0.538. The first kappa shape index (κ1) is 15.9. The van der Waals surface area contributed by atoms with Crippen molar-refractivity contribution < 1.29 is 9.13 Å². The first-order chi connectivity index (χ1) is 8.51. The monoisotopic (exact) mass is 337 g/mol. The third-order valence-electron chi connectivity index (χ3n) is 2.86. The molecule has 2 unspecified atom stereocenters. The van der Waals surface area contributed by atoms with E-state index in [-0.39, 0.29) is 23.0 Å². The van der Waals surface area contributed by atoms with Crippen molar-refractivity contribution in [3.63, 3.8) is 0 Å². The van der Waals surface area contributed by atoms with Crippen LogP contribution in [0.25, 0.3) is 0 Å². The maximum Gasteiger partial charge on any atom is 0.147 e. The second-order valence-corrected chi connectivity index (χ2v) is 5.39. The highest BCUT2D eigenvalue weighted by Crippen LogP contribution is 2.32. The average molecular weight is 339 g/mol. The minimum Gasteiger partial charge on any atom is -0.382 e. The van der Waals surface area contributed by atoms with Crippen LogP contribution in [0.15, 0.2) is 16.6 Å². The fourth-order valence-electron chi connectivity index (χ4n) is 1.80. The van der Waals surface area contributed by atoms with Gasteiger partial charge in [0.25, 0.3) is 0 Å². The van der Waals surface area contributed by atoms with Crippen molar-refractivity contribution in [3.05, 3.63) is 33.0 Å². The molecule has 2 nitrogen and oxygen atoms in total. The van der Waals surface area contributed by atoms with Gasteiger partial charge in [-0.15, -0.1) is 0 Å². The Kier molecular flexibility index (Phi) is 6.57. The zero-order valence-electron chi connectivity index (χ0n) is 10.8. The molecule has 1 aromatic rings. The first-order valence-corrected chi connectivity index (χ1v) is 7.07. The van der Waals surface area contributed by atoms with E-state index in [1.54, 1.807) is 19.2 Å². The largest absolute Gasteiger partial charge is 0.382 e. The van der Waals surface area contributed by atoms with Crippen molar-refractivity contribution in [1.29, 1.82) is 0 Å². The maximum absolute atomic E-state index is 14.1. The summed E-state index contributed by atoms with van der Waals surface area (Å²) in [6.45, 7) is 4.71. The van der Waals surface area contributed by atoms with Gasteiger partial charge in [0.1, 0.15) is 5.82 Å². The summed E-state index contributed by atoms with van der Waals surface area (Å²) in [5.41, 5.74) is 0.578. The predicted molar refractivity (Wildman–Crippen MR) is 76.6 cm³/mol. The first-order valence-electron chi connectivity index (χ1n) is 5.90. The summed E-state index contributed by atoms with van der Waals surface area (Å²) in [7, 11) is 1.65. The number of hydrogen-bond donors (Lipinski definition) is 1. The van der Waals surface area contributed by atoms with E-state index in [1.165, 1.54) is 0 Å². The minimum atomic E-state index is -0.375. The summed E-state index contributed by atoms with van der Waals surface area (Å²) in [5, 5.41) is 3.38. The van der Waals surface area contributed by atoms with Crippen molar-refractivity contribution >= 4 is 27.5 Å². The lowest BCUT2D eigenvalue weighted by atomic mass is 10.0. The molecule has 0 spiro atoms. The van der Waals surface area contributed by atoms with E-state index < -0.39 is 0 Å². The van der Waals surface area contributed by atoms with E-state index in [9.17, 15) is 4.39 Å². The molecule has 0 aliphatic rings. The number of nitrogens with one attached hydrogen (secondary N) is 1. The molecule has 0 aromatic heterocycles. The van der Waals surface area contributed by atoms with E-state index in [0.717, 1.165) is 6.54 Å². The van der Waals surface area contributed by atoms with Crippen LogP contribution >= 0.6 is 27.5 Å². The van der Waals surface area contributed by atoms with Crippen LogP contribution in [0.4, 0.5) is 4.39 Å². The fourth-order valence-corrected chi connectivity index (χ4v) is 2.28. The van der Waals surface area contributed by atoms with Crippen molar-refractivity contribution in [2.45, 2.75) is 32.4 Å². The zero-order valence-corrected chi connectivity index (χ0v) is 13.1. The lowest BCUT2D eigenvalue weighted by molar-refractivity contribution is 0.100. The Labute approximate surface area is 121 Å². The van der Waals surface area contributed by atoms with Gasteiger partial charge in [0.05, 0.1) is 11.1 Å². The van der Waals surface area contributed by atoms with Crippen LogP contribution in [0.3, 0.4) is 0 Å². The van der Waals surface area contributed by atoms with Gasteiger partial charge in [0, 0.05) is 23.2 Å². The van der Waals surface area contributed by atoms with Gasteiger partial charge in [-0.1, -0.05) is 24.6 Å². The summed E-state index contributed by atoms with van der Waals surface area (Å²) in [4.78, 5) is 0. The molecule has 1 aromatic carbocycles. The normalized spacial score (nSPS) is 14.6. The molecular weight excluding hydrogens is 321 g/mol. The van der Waals surface area contributed by atoms with Gasteiger partial charge in [0.15, 0.2) is 0 Å². The molecule has 5 heteroatoms. The van der Waals surface area contributed by atoms with Crippen molar-refractivity contribution in [3.8, 4) is 0 Å². The van der Waals surface area contributed by atoms with Crippen LogP contribution < -0.4 is 5.32 Å². The molecule has 0 aliphatic carbocycles. The standard InChI is InChI=1S/C13H18BrClFNO/c1-4-17-11(7-8(2)18-3)9-5-6-10(14)12(15)13(9)16/h5-6,8,11,17H,4,7H2,1-3H3. The Hall–Kier alpha value is -0.160. The minimum absolute atomic E-state index is 0.0517. The molecule has 0 saturated carbocycles. The molecule has 0 amide bonds. The number of rotatable bonds is 6. The number of methoxy groups -OCH3 is 1. The highest BCUT2D eigenvalue weighted by Gasteiger charge is 2.20. The van der Waals surface area contributed by atoms with Crippen LogP contribution in [0.5, 0.6) is 0 Å². The molecule has 2 atom stereocenters. The summed E-state index contributed by atoms with van der Waals surface area (Å²) >= 11 is 9.13. The Morgan fingerprint density at radius 3 is 2.72 bits per heavy atom. The third kappa shape index (κ3) is 3.92. The van der Waals surface area contributed by atoms with Gasteiger partial charge in [-0.05, 0) is 41.9 Å². The topological polar surface area (TPSA) is 21.3 Å². The highest BCUT2D eigenvalue weighted by atomic mass is 79.9. The Morgan fingerprint density at radius 2 is 2.17 bits per heavy atom. The Balaban J connectivity index is 3.02. The van der Waals surface area contributed by atoms with E-state index in [4.69, 9.17) is 16.3 Å².